The maximum atomic E-state index is 11.8. The van der Waals surface area contributed by atoms with E-state index >= 15 is 0 Å². The molecule has 1 heterocycles. The van der Waals surface area contributed by atoms with Crippen LogP contribution < -0.4 is 4.90 Å². The van der Waals surface area contributed by atoms with Crippen LogP contribution in [0.3, 0.4) is 0 Å². The average Bonchev–Trinajstić information content (AvgIpc) is 2.63. The second-order valence-electron chi connectivity index (χ2n) is 3.71. The summed E-state index contributed by atoms with van der Waals surface area (Å²) in [5.41, 5.74) is 0.735. The van der Waals surface area contributed by atoms with Crippen LogP contribution in [0.2, 0.25) is 5.02 Å². The molecule has 16 heavy (non-hydrogen) atoms. The minimum atomic E-state index is -0.0146. The van der Waals surface area contributed by atoms with E-state index in [1.807, 2.05) is 0 Å². The molecule has 1 saturated heterocycles. The number of halogens is 1. The van der Waals surface area contributed by atoms with Crippen LogP contribution in [0.5, 0.6) is 0 Å². The molecule has 0 aromatic heterocycles. The minimum Gasteiger partial charge on any atom is -0.310 e. The van der Waals surface area contributed by atoms with E-state index < -0.39 is 0 Å². The maximum absolute atomic E-state index is 11.8. The largest absolute Gasteiger partial charge is 0.310 e. The second-order valence-corrected chi connectivity index (χ2v) is 4.62. The summed E-state index contributed by atoms with van der Waals surface area (Å²) in [4.78, 5) is 14.1. The number of terminal acetylenes is 1. The molecule has 1 unspecified atom stereocenters. The number of thiol groups is 1. The molecular weight excluding hydrogens is 242 g/mol. The van der Waals surface area contributed by atoms with Crippen molar-refractivity contribution >= 4 is 35.8 Å². The van der Waals surface area contributed by atoms with Gasteiger partial charge in [0.1, 0.15) is 0 Å². The summed E-state index contributed by atoms with van der Waals surface area (Å²) < 4.78 is 0. The topological polar surface area (TPSA) is 20.3 Å². The van der Waals surface area contributed by atoms with Crippen LogP contribution in [0, 0.1) is 18.3 Å². The first-order valence-electron chi connectivity index (χ1n) is 4.87. The first-order chi connectivity index (χ1) is 7.61. The van der Waals surface area contributed by atoms with Crippen LogP contribution in [0.15, 0.2) is 23.1 Å². The summed E-state index contributed by atoms with van der Waals surface area (Å²) in [6.07, 6.45) is 5.73. The quantitative estimate of drug-likeness (QED) is 0.601. The molecule has 2 nitrogen and oxygen atoms in total. The highest BCUT2D eigenvalue weighted by atomic mass is 35.5. The zero-order chi connectivity index (χ0) is 11.7. The second kappa shape index (κ2) is 4.40. The average molecular weight is 252 g/mol. The molecule has 2 rings (SSSR count). The van der Waals surface area contributed by atoms with Crippen molar-refractivity contribution in [2.24, 2.45) is 5.92 Å². The van der Waals surface area contributed by atoms with Crippen molar-refractivity contribution < 1.29 is 4.79 Å². The van der Waals surface area contributed by atoms with Gasteiger partial charge < -0.3 is 4.90 Å². The third kappa shape index (κ3) is 2.04. The van der Waals surface area contributed by atoms with Gasteiger partial charge in [0.15, 0.2) is 0 Å². The van der Waals surface area contributed by atoms with E-state index in [-0.39, 0.29) is 11.8 Å². The van der Waals surface area contributed by atoms with Gasteiger partial charge in [-0.2, -0.15) is 0 Å². The van der Waals surface area contributed by atoms with Gasteiger partial charge >= 0.3 is 0 Å². The molecule has 0 radical (unpaired) electrons. The van der Waals surface area contributed by atoms with Crippen LogP contribution in [-0.4, -0.2) is 12.5 Å². The van der Waals surface area contributed by atoms with E-state index in [4.69, 9.17) is 18.0 Å². The van der Waals surface area contributed by atoms with Crippen molar-refractivity contribution in [3.05, 3.63) is 23.2 Å². The smallest absolute Gasteiger partial charge is 0.228 e. The Bertz CT molecular complexity index is 480. The predicted molar refractivity (Wildman–Crippen MR) is 68.0 cm³/mol. The van der Waals surface area contributed by atoms with Gasteiger partial charge in [-0.25, -0.2) is 0 Å². The molecule has 4 heteroatoms. The van der Waals surface area contributed by atoms with E-state index in [0.29, 0.717) is 18.0 Å². The lowest BCUT2D eigenvalue weighted by Crippen LogP contribution is -2.24. The Balaban J connectivity index is 2.35. The fourth-order valence-electron chi connectivity index (χ4n) is 1.76. The zero-order valence-corrected chi connectivity index (χ0v) is 10.1. The lowest BCUT2D eigenvalue weighted by atomic mass is 10.1. The molecule has 1 aromatic rings. The fourth-order valence-corrected chi connectivity index (χ4v) is 2.19. The first-order valence-corrected chi connectivity index (χ1v) is 5.69. The van der Waals surface area contributed by atoms with Gasteiger partial charge in [-0.3, -0.25) is 4.79 Å². The standard InChI is InChI=1S/C12H10ClNOS/c1-2-8-5-12(15)14(7-8)10-6-9(13)3-4-11(10)16/h1,3-4,6,8,16H,5,7H2. The molecule has 1 aliphatic heterocycles. The lowest BCUT2D eigenvalue weighted by molar-refractivity contribution is -0.117. The highest BCUT2D eigenvalue weighted by Gasteiger charge is 2.30. The molecule has 1 aliphatic rings. The van der Waals surface area contributed by atoms with E-state index in [1.165, 1.54) is 0 Å². The highest BCUT2D eigenvalue weighted by molar-refractivity contribution is 7.80. The zero-order valence-electron chi connectivity index (χ0n) is 8.48. The summed E-state index contributed by atoms with van der Waals surface area (Å²) in [6.45, 7) is 0.545. The van der Waals surface area contributed by atoms with E-state index in [1.54, 1.807) is 23.1 Å². The number of hydrogen-bond acceptors (Lipinski definition) is 2. The first kappa shape index (κ1) is 11.4. The third-order valence-electron chi connectivity index (χ3n) is 2.59. The van der Waals surface area contributed by atoms with Gasteiger partial charge in [0.05, 0.1) is 5.69 Å². The van der Waals surface area contributed by atoms with Crippen LogP contribution >= 0.6 is 24.2 Å². The normalized spacial score (nSPS) is 19.9. The number of carbonyl (C=O) groups excluding carboxylic acids is 1. The third-order valence-corrected chi connectivity index (χ3v) is 3.20. The highest BCUT2D eigenvalue weighted by Crippen LogP contribution is 2.32. The summed E-state index contributed by atoms with van der Waals surface area (Å²) >= 11 is 10.2. The lowest BCUT2D eigenvalue weighted by Gasteiger charge is -2.18. The van der Waals surface area contributed by atoms with Gasteiger partial charge in [0, 0.05) is 28.8 Å². The van der Waals surface area contributed by atoms with Crippen molar-refractivity contribution in [1.82, 2.24) is 0 Å². The van der Waals surface area contributed by atoms with Gasteiger partial charge in [-0.05, 0) is 18.2 Å². The number of benzene rings is 1. The van der Waals surface area contributed by atoms with Crippen molar-refractivity contribution in [2.45, 2.75) is 11.3 Å². The van der Waals surface area contributed by atoms with E-state index in [0.717, 1.165) is 10.6 Å². The monoisotopic (exact) mass is 251 g/mol. The maximum Gasteiger partial charge on any atom is 0.228 e. The molecule has 0 aliphatic carbocycles. The van der Waals surface area contributed by atoms with Crippen molar-refractivity contribution in [3.8, 4) is 12.3 Å². The van der Waals surface area contributed by atoms with E-state index in [2.05, 4.69) is 18.5 Å². The van der Waals surface area contributed by atoms with Gasteiger partial charge in [-0.15, -0.1) is 25.0 Å². The van der Waals surface area contributed by atoms with Crippen molar-refractivity contribution in [1.29, 1.82) is 0 Å². The molecule has 1 aromatic carbocycles. The Morgan fingerprint density at radius 2 is 2.31 bits per heavy atom. The molecule has 0 N–H and O–H groups in total. The Morgan fingerprint density at radius 3 is 2.94 bits per heavy atom. The van der Waals surface area contributed by atoms with Gasteiger partial charge in [0.25, 0.3) is 0 Å². The van der Waals surface area contributed by atoms with Crippen LogP contribution in [0.25, 0.3) is 0 Å². The summed E-state index contributed by atoms with van der Waals surface area (Å²) in [7, 11) is 0. The van der Waals surface area contributed by atoms with Gasteiger partial charge in [0.2, 0.25) is 5.91 Å². The molecule has 1 fully saturated rings. The SMILES string of the molecule is C#CC1CC(=O)N(c2cc(Cl)ccc2S)C1. The number of amides is 1. The number of hydrogen-bond donors (Lipinski definition) is 1. The number of rotatable bonds is 1. The van der Waals surface area contributed by atoms with Crippen LogP contribution in [0.4, 0.5) is 5.69 Å². The molecule has 0 spiro atoms. The predicted octanol–water partition coefficient (Wildman–Crippen LogP) is 2.61. The summed E-state index contributed by atoms with van der Waals surface area (Å²) in [5, 5.41) is 0.588. The molecular formula is C12H10ClNOS. The Labute approximate surface area is 105 Å². The van der Waals surface area contributed by atoms with Crippen LogP contribution in [-0.2, 0) is 4.79 Å². The minimum absolute atomic E-state index is 0.0146. The Hall–Kier alpha value is -1.11. The molecule has 1 amide bonds. The molecule has 0 bridgehead atoms. The number of nitrogens with zero attached hydrogens (tertiary/aromatic N) is 1. The Morgan fingerprint density at radius 1 is 1.56 bits per heavy atom. The Kier molecular flexibility index (Phi) is 3.13. The number of anilines is 1. The molecule has 0 saturated carbocycles. The van der Waals surface area contributed by atoms with Crippen LogP contribution in [0.1, 0.15) is 6.42 Å². The number of carbonyl (C=O) groups is 1. The van der Waals surface area contributed by atoms with Gasteiger partial charge in [-0.1, -0.05) is 11.6 Å². The fraction of sp³-hybridized carbons (Fsp3) is 0.250. The van der Waals surface area contributed by atoms with Crippen molar-refractivity contribution in [3.63, 3.8) is 0 Å². The summed E-state index contributed by atoms with van der Waals surface area (Å²) in [5.74, 6) is 2.62. The molecule has 1 atom stereocenters. The summed E-state index contributed by atoms with van der Waals surface area (Å²) in [6, 6.07) is 5.25. The molecule has 82 valence electrons. The van der Waals surface area contributed by atoms with E-state index in [9.17, 15) is 4.79 Å². The van der Waals surface area contributed by atoms with Crippen molar-refractivity contribution in [2.75, 3.05) is 11.4 Å².